The lowest BCUT2D eigenvalue weighted by Crippen LogP contribution is -2.47. The van der Waals surface area contributed by atoms with Crippen LogP contribution in [0.25, 0.3) is 0 Å². The quantitative estimate of drug-likeness (QED) is 0.380. The highest BCUT2D eigenvalue weighted by molar-refractivity contribution is 6.20. The Morgan fingerprint density at radius 1 is 0.865 bits per heavy atom. The largest absolute Gasteiger partial charge is 0.457 e. The number of anilines is 2. The number of likely N-dealkylation sites (N-methyl/N-ethyl adjacent to an activating group) is 1. The van der Waals surface area contributed by atoms with E-state index in [1.165, 1.54) is 11.0 Å². The minimum absolute atomic E-state index is 0.232. The third-order valence-corrected chi connectivity index (χ3v) is 5.81. The van der Waals surface area contributed by atoms with E-state index in [4.69, 9.17) is 4.74 Å². The molecule has 3 amide bonds. The maximum Gasteiger partial charge on any atom is 0.321 e. The van der Waals surface area contributed by atoms with Gasteiger partial charge < -0.3 is 20.3 Å². The molecular weight excluding hydrogens is 471 g/mol. The molecule has 0 saturated carbocycles. The predicted molar refractivity (Wildman–Crippen MR) is 141 cm³/mol. The molecule has 7 nitrogen and oxygen atoms in total. The van der Waals surface area contributed by atoms with Crippen molar-refractivity contribution in [3.8, 4) is 11.5 Å². The number of aliphatic imine (C=N–C) groups is 1. The monoisotopic (exact) mass is 494 g/mol. The van der Waals surface area contributed by atoms with Crippen LogP contribution in [0.5, 0.6) is 11.5 Å². The van der Waals surface area contributed by atoms with Crippen LogP contribution in [0.15, 0.2) is 108 Å². The van der Waals surface area contributed by atoms with Crippen molar-refractivity contribution in [2.24, 2.45) is 4.99 Å². The SMILES string of the molecule is CN1C(=O)C(NC(=O)Nc2cccc(Oc3ccccc3)c2)N=C(c2ccccc2F)c2ccccc21. The molecule has 4 aromatic carbocycles. The highest BCUT2D eigenvalue weighted by Gasteiger charge is 2.31. The molecule has 184 valence electrons. The first-order valence-electron chi connectivity index (χ1n) is 11.6. The van der Waals surface area contributed by atoms with Gasteiger partial charge in [-0.1, -0.05) is 54.6 Å². The molecule has 0 aromatic heterocycles. The number of ether oxygens (including phenoxy) is 1. The second kappa shape index (κ2) is 10.3. The number of halogens is 1. The summed E-state index contributed by atoms with van der Waals surface area (Å²) in [6.07, 6.45) is -1.28. The van der Waals surface area contributed by atoms with E-state index in [9.17, 15) is 14.0 Å². The fourth-order valence-electron chi connectivity index (χ4n) is 4.04. The van der Waals surface area contributed by atoms with Crippen LogP contribution < -0.4 is 20.3 Å². The molecule has 37 heavy (non-hydrogen) atoms. The first-order valence-corrected chi connectivity index (χ1v) is 11.6. The molecule has 0 spiro atoms. The number of benzene rings is 4. The maximum atomic E-state index is 14.8. The molecule has 5 rings (SSSR count). The van der Waals surface area contributed by atoms with Gasteiger partial charge in [0.1, 0.15) is 17.3 Å². The lowest BCUT2D eigenvalue weighted by atomic mass is 10.00. The molecule has 1 heterocycles. The molecule has 0 aliphatic carbocycles. The summed E-state index contributed by atoms with van der Waals surface area (Å²) in [6, 6.07) is 28.8. The van der Waals surface area contributed by atoms with Gasteiger partial charge >= 0.3 is 6.03 Å². The number of carbonyl (C=O) groups excluding carboxylic acids is 2. The van der Waals surface area contributed by atoms with Gasteiger partial charge in [-0.25, -0.2) is 14.2 Å². The van der Waals surface area contributed by atoms with E-state index in [1.807, 2.05) is 30.3 Å². The van der Waals surface area contributed by atoms with Crippen LogP contribution in [0.1, 0.15) is 11.1 Å². The Morgan fingerprint density at radius 2 is 1.54 bits per heavy atom. The Labute approximate surface area is 213 Å². The fraction of sp³-hybridized carbons (Fsp3) is 0.0690. The van der Waals surface area contributed by atoms with Crippen molar-refractivity contribution in [3.05, 3.63) is 120 Å². The molecule has 1 atom stereocenters. The van der Waals surface area contributed by atoms with Crippen molar-refractivity contribution < 1.29 is 18.7 Å². The van der Waals surface area contributed by atoms with E-state index in [0.717, 1.165) is 0 Å². The average Bonchev–Trinajstić information content (AvgIpc) is 3.00. The van der Waals surface area contributed by atoms with Crippen molar-refractivity contribution in [2.75, 3.05) is 17.3 Å². The third kappa shape index (κ3) is 5.18. The molecule has 8 heteroatoms. The second-order valence-corrected chi connectivity index (χ2v) is 8.32. The first-order chi connectivity index (χ1) is 18.0. The van der Waals surface area contributed by atoms with E-state index in [-0.39, 0.29) is 11.3 Å². The summed E-state index contributed by atoms with van der Waals surface area (Å²) in [5.41, 5.74) is 2.11. The Kier molecular flexibility index (Phi) is 6.63. The summed E-state index contributed by atoms with van der Waals surface area (Å²) in [4.78, 5) is 32.1. The highest BCUT2D eigenvalue weighted by atomic mass is 19.1. The number of nitrogens with one attached hydrogen (secondary N) is 2. The van der Waals surface area contributed by atoms with Crippen molar-refractivity contribution in [1.82, 2.24) is 5.32 Å². The Balaban J connectivity index is 1.40. The van der Waals surface area contributed by atoms with Gasteiger partial charge in [-0.3, -0.25) is 4.79 Å². The number of amides is 3. The van der Waals surface area contributed by atoms with Crippen LogP contribution in [0, 0.1) is 5.82 Å². The van der Waals surface area contributed by atoms with E-state index in [2.05, 4.69) is 15.6 Å². The smallest absolute Gasteiger partial charge is 0.321 e. The zero-order chi connectivity index (χ0) is 25.8. The topological polar surface area (TPSA) is 83.0 Å². The first kappa shape index (κ1) is 23.7. The number of urea groups is 1. The number of rotatable bonds is 5. The van der Waals surface area contributed by atoms with Crippen LogP contribution >= 0.6 is 0 Å². The molecule has 1 aliphatic rings. The maximum absolute atomic E-state index is 14.8. The van der Waals surface area contributed by atoms with Gasteiger partial charge in [0.15, 0.2) is 0 Å². The van der Waals surface area contributed by atoms with Crippen LogP contribution in [-0.4, -0.2) is 30.9 Å². The summed E-state index contributed by atoms with van der Waals surface area (Å²) in [7, 11) is 1.60. The average molecular weight is 495 g/mol. The van der Waals surface area contributed by atoms with Crippen molar-refractivity contribution in [3.63, 3.8) is 0 Å². The van der Waals surface area contributed by atoms with Gasteiger partial charge in [-0.15, -0.1) is 0 Å². The van der Waals surface area contributed by atoms with Gasteiger partial charge in [0.05, 0.1) is 11.4 Å². The van der Waals surface area contributed by atoms with Crippen molar-refractivity contribution in [2.45, 2.75) is 6.17 Å². The van der Waals surface area contributed by atoms with E-state index in [1.54, 1.807) is 73.8 Å². The van der Waals surface area contributed by atoms with Crippen molar-refractivity contribution >= 4 is 29.0 Å². The zero-order valence-corrected chi connectivity index (χ0v) is 19.9. The molecule has 0 saturated heterocycles. The summed E-state index contributed by atoms with van der Waals surface area (Å²) in [5, 5.41) is 5.33. The van der Waals surface area contributed by atoms with Gasteiger partial charge in [-0.2, -0.15) is 0 Å². The normalized spacial score (nSPS) is 14.8. The lowest BCUT2D eigenvalue weighted by molar-refractivity contribution is -0.119. The van der Waals surface area contributed by atoms with Gasteiger partial charge in [0.2, 0.25) is 6.17 Å². The molecule has 0 radical (unpaired) electrons. The minimum atomic E-state index is -1.28. The minimum Gasteiger partial charge on any atom is -0.457 e. The van der Waals surface area contributed by atoms with Crippen LogP contribution in [0.3, 0.4) is 0 Å². The summed E-state index contributed by atoms with van der Waals surface area (Å²) in [6.45, 7) is 0. The second-order valence-electron chi connectivity index (χ2n) is 8.32. The number of hydrogen-bond donors (Lipinski definition) is 2. The Morgan fingerprint density at radius 3 is 2.32 bits per heavy atom. The Bertz CT molecular complexity index is 1490. The Hall–Kier alpha value is -4.98. The van der Waals surface area contributed by atoms with Gasteiger partial charge in [0, 0.05) is 29.9 Å². The fourth-order valence-corrected chi connectivity index (χ4v) is 4.04. The number of fused-ring (bicyclic) bond motifs is 1. The molecular formula is C29H23FN4O3. The molecule has 0 bridgehead atoms. The lowest BCUT2D eigenvalue weighted by Gasteiger charge is -2.21. The molecule has 1 aliphatic heterocycles. The summed E-state index contributed by atoms with van der Waals surface area (Å²) < 4.78 is 20.6. The molecule has 0 fully saturated rings. The molecule has 4 aromatic rings. The van der Waals surface area contributed by atoms with Crippen LogP contribution in [0.2, 0.25) is 0 Å². The van der Waals surface area contributed by atoms with Crippen LogP contribution in [0.4, 0.5) is 20.6 Å². The van der Waals surface area contributed by atoms with Gasteiger partial charge in [-0.05, 0) is 42.5 Å². The number of carbonyl (C=O) groups is 2. The zero-order valence-electron chi connectivity index (χ0n) is 19.9. The number of para-hydroxylation sites is 2. The van der Waals surface area contributed by atoms with E-state index < -0.39 is 23.9 Å². The number of benzodiazepines with no additional fused rings is 1. The summed E-state index contributed by atoms with van der Waals surface area (Å²) in [5.74, 6) is 0.247. The highest BCUT2D eigenvalue weighted by Crippen LogP contribution is 2.28. The third-order valence-electron chi connectivity index (χ3n) is 5.81. The van der Waals surface area contributed by atoms with Crippen LogP contribution in [-0.2, 0) is 4.79 Å². The molecule has 1 unspecified atom stereocenters. The van der Waals surface area contributed by atoms with E-state index >= 15 is 0 Å². The predicted octanol–water partition coefficient (Wildman–Crippen LogP) is 5.58. The van der Waals surface area contributed by atoms with E-state index in [0.29, 0.717) is 28.4 Å². The van der Waals surface area contributed by atoms with Gasteiger partial charge in [0.25, 0.3) is 5.91 Å². The molecule has 2 N–H and O–H groups in total. The van der Waals surface area contributed by atoms with Crippen molar-refractivity contribution in [1.29, 1.82) is 0 Å². The standard InChI is InChI=1S/C29H23FN4O3/c1-34-25-17-8-6-15-23(25)26(22-14-5-7-16-24(22)30)32-27(28(34)35)33-29(36)31-19-10-9-13-21(18-19)37-20-11-3-2-4-12-20/h2-18,27H,1H3,(H2,31,33,36). The summed E-state index contributed by atoms with van der Waals surface area (Å²) >= 11 is 0. The number of nitrogens with zero attached hydrogens (tertiary/aromatic N) is 2. The number of hydrogen-bond acceptors (Lipinski definition) is 4.